The lowest BCUT2D eigenvalue weighted by Gasteiger charge is -2.07. The summed E-state index contributed by atoms with van der Waals surface area (Å²) in [6, 6.07) is 12.1. The summed E-state index contributed by atoms with van der Waals surface area (Å²) >= 11 is 9.30. The first-order chi connectivity index (χ1) is 11.6. The summed E-state index contributed by atoms with van der Waals surface area (Å²) in [4.78, 5) is 12.4. The molecule has 0 radical (unpaired) electrons. The van der Waals surface area contributed by atoms with Crippen molar-refractivity contribution < 1.29 is 13.9 Å². The van der Waals surface area contributed by atoms with Crippen LogP contribution in [0.4, 0.5) is 6.01 Å². The molecule has 0 spiro atoms. The van der Waals surface area contributed by atoms with Gasteiger partial charge in [0.25, 0.3) is 5.91 Å². The van der Waals surface area contributed by atoms with Crippen LogP contribution in [0.2, 0.25) is 5.02 Å². The van der Waals surface area contributed by atoms with Crippen molar-refractivity contribution in [2.24, 2.45) is 0 Å². The lowest BCUT2D eigenvalue weighted by molar-refractivity contribution is 0.102. The van der Waals surface area contributed by atoms with E-state index in [1.807, 2.05) is 24.3 Å². The van der Waals surface area contributed by atoms with Gasteiger partial charge in [0.2, 0.25) is 5.89 Å². The van der Waals surface area contributed by atoms with Crippen molar-refractivity contribution in [1.82, 2.24) is 10.2 Å². The average Bonchev–Trinajstić information content (AvgIpc) is 3.03. The van der Waals surface area contributed by atoms with Crippen molar-refractivity contribution in [3.05, 3.63) is 57.5 Å². The quantitative estimate of drug-likeness (QED) is 0.692. The second kappa shape index (κ2) is 7.02. The molecule has 0 saturated carbocycles. The second-order valence-corrected chi connectivity index (χ2v) is 6.07. The summed E-state index contributed by atoms with van der Waals surface area (Å²) in [6.07, 6.45) is 0. The van der Waals surface area contributed by atoms with E-state index in [1.54, 1.807) is 12.1 Å². The smallest absolute Gasteiger partial charge is 0.322 e. The zero-order chi connectivity index (χ0) is 17.1. The van der Waals surface area contributed by atoms with E-state index < -0.39 is 5.91 Å². The molecule has 0 fully saturated rings. The molecule has 0 unspecified atom stereocenters. The van der Waals surface area contributed by atoms with Crippen molar-refractivity contribution in [1.29, 1.82) is 0 Å². The lowest BCUT2D eigenvalue weighted by atomic mass is 10.2. The summed E-state index contributed by atoms with van der Waals surface area (Å²) in [7, 11) is 1.47. The van der Waals surface area contributed by atoms with E-state index in [4.69, 9.17) is 20.8 Å². The number of anilines is 1. The van der Waals surface area contributed by atoms with Crippen molar-refractivity contribution in [2.45, 2.75) is 0 Å². The van der Waals surface area contributed by atoms with Crippen LogP contribution in [0.5, 0.6) is 5.75 Å². The van der Waals surface area contributed by atoms with Gasteiger partial charge in [0.1, 0.15) is 5.75 Å². The van der Waals surface area contributed by atoms with E-state index >= 15 is 0 Å². The molecule has 1 amide bonds. The number of aromatic nitrogens is 2. The highest BCUT2D eigenvalue weighted by atomic mass is 79.9. The Balaban J connectivity index is 1.82. The Bertz CT molecular complexity index is 898. The number of carbonyl (C=O) groups excluding carboxylic acids is 1. The van der Waals surface area contributed by atoms with Crippen molar-refractivity contribution in [3.8, 4) is 17.2 Å². The predicted octanol–water partition coefficient (Wildman–Crippen LogP) is 4.41. The fraction of sp³-hybridized carbons (Fsp3) is 0.0625. The van der Waals surface area contributed by atoms with Gasteiger partial charge in [-0.05, 0) is 36.4 Å². The maximum atomic E-state index is 12.4. The molecule has 1 N–H and O–H groups in total. The Hall–Kier alpha value is -2.38. The number of benzene rings is 2. The highest BCUT2D eigenvalue weighted by Gasteiger charge is 2.17. The van der Waals surface area contributed by atoms with E-state index in [-0.39, 0.29) is 11.6 Å². The van der Waals surface area contributed by atoms with Gasteiger partial charge in [-0.15, -0.1) is 5.10 Å². The molecule has 2 aromatic carbocycles. The third-order valence-corrected chi connectivity index (χ3v) is 3.85. The van der Waals surface area contributed by atoms with Crippen LogP contribution < -0.4 is 10.1 Å². The van der Waals surface area contributed by atoms with Crippen LogP contribution in [0.25, 0.3) is 11.5 Å². The largest absolute Gasteiger partial charge is 0.496 e. The third kappa shape index (κ3) is 3.58. The van der Waals surface area contributed by atoms with Gasteiger partial charge in [-0.25, -0.2) is 0 Å². The number of nitrogens with zero attached hydrogens (tertiary/aromatic N) is 2. The molecule has 0 aliphatic rings. The predicted molar refractivity (Wildman–Crippen MR) is 93.4 cm³/mol. The first-order valence-corrected chi connectivity index (χ1v) is 7.98. The normalized spacial score (nSPS) is 10.5. The Kier molecular flexibility index (Phi) is 4.82. The maximum Gasteiger partial charge on any atom is 0.322 e. The number of halogens is 2. The number of amides is 1. The summed E-state index contributed by atoms with van der Waals surface area (Å²) in [5.74, 6) is 0.229. The van der Waals surface area contributed by atoms with E-state index in [2.05, 4.69) is 31.4 Å². The number of hydrogen-bond donors (Lipinski definition) is 1. The minimum Gasteiger partial charge on any atom is -0.496 e. The molecular weight excluding hydrogens is 398 g/mol. The molecule has 0 bridgehead atoms. The van der Waals surface area contributed by atoms with Crippen LogP contribution in [0.1, 0.15) is 10.4 Å². The van der Waals surface area contributed by atoms with Gasteiger partial charge in [0.05, 0.1) is 12.7 Å². The molecule has 0 aliphatic heterocycles. The third-order valence-electron chi connectivity index (χ3n) is 3.12. The van der Waals surface area contributed by atoms with Gasteiger partial charge in [0, 0.05) is 15.1 Å². The monoisotopic (exact) mass is 407 g/mol. The highest BCUT2D eigenvalue weighted by molar-refractivity contribution is 9.10. The SMILES string of the molecule is COc1ccc(Cl)cc1C(=O)Nc1nnc(-c2cccc(Br)c2)o1. The standard InChI is InChI=1S/C16H11BrClN3O3/c1-23-13-6-5-11(18)8-12(13)14(22)19-16-21-20-15(24-16)9-3-2-4-10(17)7-9/h2-8H,1H3,(H,19,21,22). The molecule has 8 heteroatoms. The molecule has 0 atom stereocenters. The van der Waals surface area contributed by atoms with Crippen molar-refractivity contribution >= 4 is 39.5 Å². The van der Waals surface area contributed by atoms with E-state index in [9.17, 15) is 4.79 Å². The van der Waals surface area contributed by atoms with E-state index in [0.717, 1.165) is 10.0 Å². The minimum atomic E-state index is -0.459. The number of hydrogen-bond acceptors (Lipinski definition) is 5. The van der Waals surface area contributed by atoms with Crippen molar-refractivity contribution in [2.75, 3.05) is 12.4 Å². The van der Waals surface area contributed by atoms with Gasteiger partial charge in [0.15, 0.2) is 0 Å². The van der Waals surface area contributed by atoms with Crippen LogP contribution in [-0.2, 0) is 0 Å². The fourth-order valence-electron chi connectivity index (χ4n) is 2.03. The minimum absolute atomic E-state index is 0.0167. The fourth-order valence-corrected chi connectivity index (χ4v) is 2.61. The molecular formula is C16H11BrClN3O3. The number of ether oxygens (including phenoxy) is 1. The van der Waals surface area contributed by atoms with Gasteiger partial charge >= 0.3 is 6.01 Å². The number of carbonyl (C=O) groups is 1. The highest BCUT2D eigenvalue weighted by Crippen LogP contribution is 2.25. The topological polar surface area (TPSA) is 77.2 Å². The Morgan fingerprint density at radius 3 is 2.83 bits per heavy atom. The molecule has 0 saturated heterocycles. The summed E-state index contributed by atoms with van der Waals surface area (Å²) in [5, 5.41) is 10.7. The van der Waals surface area contributed by atoms with Gasteiger partial charge < -0.3 is 9.15 Å². The van der Waals surface area contributed by atoms with Gasteiger partial charge in [-0.1, -0.05) is 38.7 Å². The van der Waals surface area contributed by atoms with Crippen LogP contribution in [0.3, 0.4) is 0 Å². The summed E-state index contributed by atoms with van der Waals surface area (Å²) in [6.45, 7) is 0. The Labute approximate surface area is 150 Å². The molecule has 1 aromatic heterocycles. The van der Waals surface area contributed by atoms with Crippen LogP contribution in [-0.4, -0.2) is 23.2 Å². The van der Waals surface area contributed by atoms with Gasteiger partial charge in [-0.2, -0.15) is 0 Å². The van der Waals surface area contributed by atoms with Crippen LogP contribution >= 0.6 is 27.5 Å². The zero-order valence-corrected chi connectivity index (χ0v) is 14.8. The Morgan fingerprint density at radius 1 is 1.25 bits per heavy atom. The number of methoxy groups -OCH3 is 1. The second-order valence-electron chi connectivity index (χ2n) is 4.72. The molecule has 3 rings (SSSR count). The first-order valence-electron chi connectivity index (χ1n) is 6.81. The lowest BCUT2D eigenvalue weighted by Crippen LogP contribution is -2.13. The molecule has 24 heavy (non-hydrogen) atoms. The summed E-state index contributed by atoms with van der Waals surface area (Å²) < 4.78 is 11.5. The summed E-state index contributed by atoms with van der Waals surface area (Å²) in [5.41, 5.74) is 1.00. The van der Waals surface area contributed by atoms with E-state index in [0.29, 0.717) is 16.7 Å². The maximum absolute atomic E-state index is 12.4. The number of rotatable bonds is 4. The molecule has 3 aromatic rings. The van der Waals surface area contributed by atoms with E-state index in [1.165, 1.54) is 13.2 Å². The molecule has 122 valence electrons. The van der Waals surface area contributed by atoms with Crippen molar-refractivity contribution in [3.63, 3.8) is 0 Å². The van der Waals surface area contributed by atoms with Crippen LogP contribution in [0, 0.1) is 0 Å². The molecule has 0 aliphatic carbocycles. The van der Waals surface area contributed by atoms with Gasteiger partial charge in [-0.3, -0.25) is 10.1 Å². The van der Waals surface area contributed by atoms with Crippen LogP contribution in [0.15, 0.2) is 51.4 Å². The molecule has 6 nitrogen and oxygen atoms in total. The number of nitrogens with one attached hydrogen (secondary N) is 1. The average molecular weight is 409 g/mol. The first kappa shape index (κ1) is 16.5. The zero-order valence-electron chi connectivity index (χ0n) is 12.4. The molecule has 1 heterocycles. The Morgan fingerprint density at radius 2 is 2.08 bits per heavy atom.